The molecule has 4 aromatic rings. The summed E-state index contributed by atoms with van der Waals surface area (Å²) in [6, 6.07) is 21.4. The van der Waals surface area contributed by atoms with Crippen molar-refractivity contribution < 1.29 is 13.2 Å². The second-order valence-electron chi connectivity index (χ2n) is 7.19. The number of amides is 1. The fourth-order valence-corrected chi connectivity index (χ4v) is 4.23. The Balaban J connectivity index is 1.72. The molecule has 0 bridgehead atoms. The van der Waals surface area contributed by atoms with Gasteiger partial charge in [0.15, 0.2) is 0 Å². The molecule has 0 saturated carbocycles. The first-order valence-corrected chi connectivity index (χ1v) is 11.4. The average Bonchev–Trinajstić information content (AvgIpc) is 2.97. The van der Waals surface area contributed by atoms with Gasteiger partial charge >= 0.3 is 5.69 Å². The van der Waals surface area contributed by atoms with Crippen LogP contribution in [0.25, 0.3) is 21.8 Å². The minimum atomic E-state index is -3.63. The highest BCUT2D eigenvalue weighted by Gasteiger charge is 2.16. The Morgan fingerprint density at radius 2 is 1.53 bits per heavy atom. The molecule has 0 unspecified atom stereocenters. The molecule has 1 amide bonds. The first kappa shape index (κ1) is 19.9. The number of fused-ring (bicyclic) bond motifs is 2. The lowest BCUT2D eigenvalue weighted by atomic mass is 10.0. The van der Waals surface area contributed by atoms with Crippen molar-refractivity contribution in [3.05, 3.63) is 82.8 Å². The number of para-hydroxylation sites is 2. The lowest BCUT2D eigenvalue weighted by Gasteiger charge is -2.08. The smallest absolute Gasteiger partial charge is 0.291 e. The van der Waals surface area contributed by atoms with E-state index in [1.54, 1.807) is 4.57 Å². The van der Waals surface area contributed by atoms with Gasteiger partial charge in [0.25, 0.3) is 0 Å². The van der Waals surface area contributed by atoms with Crippen molar-refractivity contribution in [3.8, 4) is 0 Å². The minimum absolute atomic E-state index is 0.0865. The van der Waals surface area contributed by atoms with E-state index in [-0.39, 0.29) is 18.7 Å². The predicted molar refractivity (Wildman–Crippen MR) is 117 cm³/mol. The van der Waals surface area contributed by atoms with Crippen molar-refractivity contribution in [2.45, 2.75) is 19.5 Å². The van der Waals surface area contributed by atoms with E-state index in [4.69, 9.17) is 0 Å². The van der Waals surface area contributed by atoms with Crippen LogP contribution in [0.4, 0.5) is 0 Å². The molecule has 1 heterocycles. The summed E-state index contributed by atoms with van der Waals surface area (Å²) in [5.74, 6) is -0.643. The van der Waals surface area contributed by atoms with Gasteiger partial charge < -0.3 is 0 Å². The van der Waals surface area contributed by atoms with E-state index < -0.39 is 15.9 Å². The molecule has 154 valence electrons. The van der Waals surface area contributed by atoms with Crippen molar-refractivity contribution in [3.63, 3.8) is 0 Å². The Morgan fingerprint density at radius 1 is 0.900 bits per heavy atom. The molecular formula is C22H21N3O4S. The van der Waals surface area contributed by atoms with E-state index in [9.17, 15) is 18.0 Å². The SMILES string of the molecule is CS(=O)(=O)NC(=O)CCn1c(=O)n(Cc2cccc3ccccc23)c2ccccc21. The van der Waals surface area contributed by atoms with Crippen LogP contribution in [0.2, 0.25) is 0 Å². The number of nitrogens with zero attached hydrogens (tertiary/aromatic N) is 2. The third-order valence-electron chi connectivity index (χ3n) is 5.00. The Hall–Kier alpha value is -3.39. The standard InChI is InChI=1S/C22H21N3O4S/c1-30(28,29)23-21(26)13-14-24-19-11-4-5-12-20(19)25(22(24)27)15-17-9-6-8-16-7-2-3-10-18(16)17/h2-12H,13-15H2,1H3,(H,23,26). The zero-order valence-electron chi connectivity index (χ0n) is 16.4. The van der Waals surface area contributed by atoms with Gasteiger partial charge in [0.1, 0.15) is 0 Å². The van der Waals surface area contributed by atoms with Crippen LogP contribution in [0.1, 0.15) is 12.0 Å². The largest absolute Gasteiger partial charge is 0.329 e. The summed E-state index contributed by atoms with van der Waals surface area (Å²) >= 11 is 0. The van der Waals surface area contributed by atoms with Crippen LogP contribution >= 0.6 is 0 Å². The summed E-state index contributed by atoms with van der Waals surface area (Å²) in [5.41, 5.74) is 2.25. The summed E-state index contributed by atoms with van der Waals surface area (Å²) in [4.78, 5) is 25.1. The molecule has 7 nitrogen and oxygen atoms in total. The third-order valence-corrected chi connectivity index (χ3v) is 5.59. The predicted octanol–water partition coefficient (Wildman–Crippen LogP) is 2.47. The van der Waals surface area contributed by atoms with Crippen LogP contribution < -0.4 is 10.4 Å². The monoisotopic (exact) mass is 423 g/mol. The molecule has 0 aliphatic rings. The number of aromatic nitrogens is 2. The maximum atomic E-state index is 13.2. The van der Waals surface area contributed by atoms with E-state index >= 15 is 0 Å². The molecule has 0 saturated heterocycles. The summed E-state index contributed by atoms with van der Waals surface area (Å²) in [5, 5.41) is 2.18. The van der Waals surface area contributed by atoms with Crippen molar-refractivity contribution in [2.75, 3.05) is 6.26 Å². The highest BCUT2D eigenvalue weighted by atomic mass is 32.2. The van der Waals surface area contributed by atoms with Gasteiger partial charge in [-0.25, -0.2) is 13.2 Å². The van der Waals surface area contributed by atoms with Gasteiger partial charge in [-0.05, 0) is 28.5 Å². The average molecular weight is 423 g/mol. The van der Waals surface area contributed by atoms with Gasteiger partial charge in [0, 0.05) is 13.0 Å². The summed E-state index contributed by atoms with van der Waals surface area (Å²) in [7, 11) is -3.63. The van der Waals surface area contributed by atoms with Crippen LogP contribution in [0.3, 0.4) is 0 Å². The highest BCUT2D eigenvalue weighted by molar-refractivity contribution is 7.89. The zero-order chi connectivity index (χ0) is 21.3. The Morgan fingerprint density at radius 3 is 2.27 bits per heavy atom. The lowest BCUT2D eigenvalue weighted by Crippen LogP contribution is -2.31. The number of carbonyl (C=O) groups is 1. The Kier molecular flexibility index (Phi) is 5.17. The normalized spacial score (nSPS) is 11.8. The second kappa shape index (κ2) is 7.79. The molecule has 0 spiro atoms. The second-order valence-corrected chi connectivity index (χ2v) is 8.94. The van der Waals surface area contributed by atoms with Crippen LogP contribution in [0, 0.1) is 0 Å². The molecule has 1 aromatic heterocycles. The first-order valence-electron chi connectivity index (χ1n) is 9.49. The highest BCUT2D eigenvalue weighted by Crippen LogP contribution is 2.21. The summed E-state index contributed by atoms with van der Waals surface area (Å²) in [6.45, 7) is 0.479. The molecule has 0 radical (unpaired) electrons. The molecule has 0 aliphatic carbocycles. The van der Waals surface area contributed by atoms with Crippen molar-refractivity contribution in [1.82, 2.24) is 13.9 Å². The van der Waals surface area contributed by atoms with Crippen molar-refractivity contribution in [2.24, 2.45) is 0 Å². The molecule has 30 heavy (non-hydrogen) atoms. The number of hydrogen-bond donors (Lipinski definition) is 1. The molecule has 8 heteroatoms. The maximum Gasteiger partial charge on any atom is 0.329 e. The van der Waals surface area contributed by atoms with E-state index in [0.717, 1.165) is 28.1 Å². The van der Waals surface area contributed by atoms with Crippen LogP contribution in [0.5, 0.6) is 0 Å². The van der Waals surface area contributed by atoms with Gasteiger partial charge in [-0.1, -0.05) is 54.6 Å². The minimum Gasteiger partial charge on any atom is -0.291 e. The number of carbonyl (C=O) groups excluding carboxylic acids is 1. The molecule has 1 N–H and O–H groups in total. The van der Waals surface area contributed by atoms with Crippen LogP contribution in [0.15, 0.2) is 71.5 Å². The first-order chi connectivity index (χ1) is 14.3. The fourth-order valence-electron chi connectivity index (χ4n) is 3.71. The van der Waals surface area contributed by atoms with Gasteiger partial charge in [-0.15, -0.1) is 0 Å². The maximum absolute atomic E-state index is 13.2. The zero-order valence-corrected chi connectivity index (χ0v) is 17.2. The van der Waals surface area contributed by atoms with Gasteiger partial charge in [0.2, 0.25) is 15.9 Å². The number of rotatable bonds is 6. The van der Waals surface area contributed by atoms with Gasteiger partial charge in [-0.2, -0.15) is 0 Å². The van der Waals surface area contributed by atoms with E-state index in [1.807, 2.05) is 71.5 Å². The number of nitrogens with one attached hydrogen (secondary N) is 1. The summed E-state index contributed by atoms with van der Waals surface area (Å²) in [6.07, 6.45) is 0.808. The molecule has 0 aliphatic heterocycles. The van der Waals surface area contributed by atoms with Crippen LogP contribution in [-0.2, 0) is 27.9 Å². The van der Waals surface area contributed by atoms with E-state index in [1.165, 1.54) is 4.57 Å². The van der Waals surface area contributed by atoms with E-state index in [2.05, 4.69) is 0 Å². The molecule has 0 fully saturated rings. The van der Waals surface area contributed by atoms with Gasteiger partial charge in [0.05, 0.1) is 23.8 Å². The van der Waals surface area contributed by atoms with Gasteiger partial charge in [-0.3, -0.25) is 18.7 Å². The number of aryl methyl sites for hydroxylation is 1. The fraction of sp³-hybridized carbons (Fsp3) is 0.182. The van der Waals surface area contributed by atoms with E-state index in [0.29, 0.717) is 12.1 Å². The van der Waals surface area contributed by atoms with Crippen molar-refractivity contribution in [1.29, 1.82) is 0 Å². The number of hydrogen-bond acceptors (Lipinski definition) is 4. The summed E-state index contributed by atoms with van der Waals surface area (Å²) < 4.78 is 27.6. The topological polar surface area (TPSA) is 90.2 Å². The quantitative estimate of drug-likeness (QED) is 0.516. The number of benzene rings is 3. The molecule has 3 aromatic carbocycles. The number of sulfonamides is 1. The Bertz CT molecular complexity index is 1410. The Labute approximate surface area is 173 Å². The molecular weight excluding hydrogens is 402 g/mol. The molecule has 0 atom stereocenters. The lowest BCUT2D eigenvalue weighted by molar-refractivity contribution is -0.119. The molecule has 4 rings (SSSR count). The number of imidazole rings is 1. The van der Waals surface area contributed by atoms with Crippen LogP contribution in [-0.4, -0.2) is 29.7 Å². The van der Waals surface area contributed by atoms with Crippen molar-refractivity contribution >= 4 is 37.7 Å². The third kappa shape index (κ3) is 3.99.